The third-order valence-corrected chi connectivity index (χ3v) is 3.53. The molecule has 1 heterocycles. The van der Waals surface area contributed by atoms with Crippen LogP contribution in [0, 0.1) is 17.5 Å². The lowest BCUT2D eigenvalue weighted by Gasteiger charge is -2.07. The zero-order valence-electron chi connectivity index (χ0n) is 10.7. The van der Waals surface area contributed by atoms with Crippen LogP contribution in [0.3, 0.4) is 0 Å². The summed E-state index contributed by atoms with van der Waals surface area (Å²) >= 11 is 1.02. The molecule has 0 aliphatic heterocycles. The number of nitrogens with one attached hydrogen (secondary N) is 1. The summed E-state index contributed by atoms with van der Waals surface area (Å²) in [5.41, 5.74) is 5.04. The van der Waals surface area contributed by atoms with Crippen LogP contribution in [0.1, 0.15) is 0 Å². The zero-order valence-corrected chi connectivity index (χ0v) is 11.5. The number of carbonyl (C=O) groups is 1. The van der Waals surface area contributed by atoms with E-state index in [9.17, 15) is 18.0 Å². The Morgan fingerprint density at radius 2 is 2.05 bits per heavy atom. The standard InChI is InChI=1S/C11H10F3N5OS/c1-19-10(15)17-18-11(19)21-4-7(20)16-6-3-2-5(12)8(13)9(6)14/h2-3H,4H2,1H3,(H2,15,17)(H,16,20). The van der Waals surface area contributed by atoms with Crippen molar-refractivity contribution in [3.8, 4) is 0 Å². The number of hydrogen-bond donors (Lipinski definition) is 2. The molecule has 0 spiro atoms. The normalized spacial score (nSPS) is 10.7. The number of amides is 1. The summed E-state index contributed by atoms with van der Waals surface area (Å²) in [5, 5.41) is 9.87. The smallest absolute Gasteiger partial charge is 0.234 e. The SMILES string of the molecule is Cn1c(N)nnc1SCC(=O)Nc1ccc(F)c(F)c1F. The van der Waals surface area contributed by atoms with Gasteiger partial charge in [-0.15, -0.1) is 10.2 Å². The molecule has 0 saturated carbocycles. The molecule has 2 rings (SSSR count). The number of aromatic nitrogens is 3. The van der Waals surface area contributed by atoms with Gasteiger partial charge in [-0.05, 0) is 12.1 Å². The highest BCUT2D eigenvalue weighted by Gasteiger charge is 2.16. The van der Waals surface area contributed by atoms with E-state index in [0.29, 0.717) is 5.16 Å². The van der Waals surface area contributed by atoms with Crippen LogP contribution in [-0.4, -0.2) is 26.4 Å². The Labute approximate surface area is 121 Å². The zero-order chi connectivity index (χ0) is 15.6. The minimum atomic E-state index is -1.64. The third-order valence-electron chi connectivity index (χ3n) is 2.51. The Balaban J connectivity index is 1.99. The first-order valence-electron chi connectivity index (χ1n) is 5.61. The fraction of sp³-hybridized carbons (Fsp3) is 0.182. The Morgan fingerprint density at radius 3 is 2.67 bits per heavy atom. The molecule has 10 heteroatoms. The summed E-state index contributed by atoms with van der Waals surface area (Å²) in [6.07, 6.45) is 0. The lowest BCUT2D eigenvalue weighted by Crippen LogP contribution is -2.16. The van der Waals surface area contributed by atoms with E-state index in [-0.39, 0.29) is 11.7 Å². The number of carbonyl (C=O) groups excluding carboxylic acids is 1. The molecule has 0 saturated heterocycles. The van der Waals surface area contributed by atoms with Gasteiger partial charge in [0.1, 0.15) is 0 Å². The maximum absolute atomic E-state index is 13.4. The van der Waals surface area contributed by atoms with E-state index in [1.165, 1.54) is 4.57 Å². The van der Waals surface area contributed by atoms with Crippen LogP contribution < -0.4 is 11.1 Å². The van der Waals surface area contributed by atoms with E-state index in [4.69, 9.17) is 5.73 Å². The van der Waals surface area contributed by atoms with Crippen molar-refractivity contribution in [3.63, 3.8) is 0 Å². The van der Waals surface area contributed by atoms with Gasteiger partial charge in [-0.3, -0.25) is 9.36 Å². The quantitative estimate of drug-likeness (QED) is 0.660. The van der Waals surface area contributed by atoms with Crippen LogP contribution in [0.4, 0.5) is 24.8 Å². The van der Waals surface area contributed by atoms with E-state index in [1.807, 2.05) is 0 Å². The van der Waals surface area contributed by atoms with Crippen molar-refractivity contribution >= 4 is 29.3 Å². The van der Waals surface area contributed by atoms with Crippen LogP contribution in [0.15, 0.2) is 17.3 Å². The van der Waals surface area contributed by atoms with E-state index in [1.54, 1.807) is 7.05 Å². The summed E-state index contributed by atoms with van der Waals surface area (Å²) in [4.78, 5) is 11.6. The Hall–Kier alpha value is -2.23. The van der Waals surface area contributed by atoms with Crippen molar-refractivity contribution in [2.75, 3.05) is 16.8 Å². The molecule has 1 aromatic carbocycles. The van der Waals surface area contributed by atoms with E-state index in [0.717, 1.165) is 23.9 Å². The lowest BCUT2D eigenvalue weighted by atomic mass is 10.3. The first kappa shape index (κ1) is 15.2. The maximum atomic E-state index is 13.4. The number of nitrogen functional groups attached to an aromatic ring is 1. The number of benzene rings is 1. The van der Waals surface area contributed by atoms with E-state index >= 15 is 0 Å². The van der Waals surface area contributed by atoms with Crippen molar-refractivity contribution in [1.82, 2.24) is 14.8 Å². The van der Waals surface area contributed by atoms with Gasteiger partial charge in [-0.2, -0.15) is 0 Å². The molecule has 112 valence electrons. The molecule has 0 unspecified atom stereocenters. The second-order valence-corrected chi connectivity index (χ2v) is 4.90. The monoisotopic (exact) mass is 317 g/mol. The number of thioether (sulfide) groups is 1. The highest BCUT2D eigenvalue weighted by atomic mass is 32.2. The van der Waals surface area contributed by atoms with Crippen molar-refractivity contribution in [2.24, 2.45) is 7.05 Å². The molecule has 3 N–H and O–H groups in total. The molecule has 0 aliphatic carbocycles. The van der Waals surface area contributed by atoms with Crippen LogP contribution in [0.25, 0.3) is 0 Å². The topological polar surface area (TPSA) is 85.8 Å². The molecule has 2 aromatic rings. The maximum Gasteiger partial charge on any atom is 0.234 e. The Bertz CT molecular complexity index is 691. The van der Waals surface area contributed by atoms with Crippen LogP contribution in [0.2, 0.25) is 0 Å². The number of rotatable bonds is 4. The van der Waals surface area contributed by atoms with Gasteiger partial charge < -0.3 is 11.1 Å². The predicted octanol–water partition coefficient (Wildman–Crippen LogP) is 1.55. The molecule has 0 fully saturated rings. The highest BCUT2D eigenvalue weighted by Crippen LogP contribution is 2.21. The first-order chi connectivity index (χ1) is 9.90. The van der Waals surface area contributed by atoms with Gasteiger partial charge in [-0.1, -0.05) is 11.8 Å². The number of anilines is 2. The number of nitrogens with two attached hydrogens (primary N) is 1. The molecule has 0 aliphatic rings. The van der Waals surface area contributed by atoms with Crippen LogP contribution >= 0.6 is 11.8 Å². The molecular weight excluding hydrogens is 307 g/mol. The fourth-order valence-corrected chi connectivity index (χ4v) is 2.11. The predicted molar refractivity (Wildman–Crippen MR) is 71.1 cm³/mol. The Morgan fingerprint density at radius 1 is 1.33 bits per heavy atom. The van der Waals surface area contributed by atoms with Crippen molar-refractivity contribution < 1.29 is 18.0 Å². The first-order valence-corrected chi connectivity index (χ1v) is 6.59. The fourth-order valence-electron chi connectivity index (χ4n) is 1.39. The van der Waals surface area contributed by atoms with Crippen LogP contribution in [0.5, 0.6) is 0 Å². The van der Waals surface area contributed by atoms with Gasteiger partial charge in [0.05, 0.1) is 11.4 Å². The average Bonchev–Trinajstić information content (AvgIpc) is 2.77. The number of nitrogens with zero attached hydrogens (tertiary/aromatic N) is 3. The second-order valence-electron chi connectivity index (χ2n) is 3.96. The average molecular weight is 317 g/mol. The molecule has 6 nitrogen and oxygen atoms in total. The number of halogens is 3. The summed E-state index contributed by atoms with van der Waals surface area (Å²) in [6.45, 7) is 0. The van der Waals surface area contributed by atoms with Crippen molar-refractivity contribution in [1.29, 1.82) is 0 Å². The summed E-state index contributed by atoms with van der Waals surface area (Å²) in [5.74, 6) is -4.95. The molecule has 0 bridgehead atoms. The second kappa shape index (κ2) is 6.04. The summed E-state index contributed by atoms with van der Waals surface area (Å²) in [7, 11) is 1.62. The summed E-state index contributed by atoms with van der Waals surface area (Å²) < 4.78 is 40.6. The summed E-state index contributed by atoms with van der Waals surface area (Å²) in [6, 6.07) is 1.67. The van der Waals surface area contributed by atoms with Gasteiger partial charge >= 0.3 is 0 Å². The molecule has 1 amide bonds. The largest absolute Gasteiger partial charge is 0.368 e. The van der Waals surface area contributed by atoms with Gasteiger partial charge in [0, 0.05) is 7.05 Å². The molecule has 1 aromatic heterocycles. The van der Waals surface area contributed by atoms with E-state index < -0.39 is 29.0 Å². The minimum absolute atomic E-state index is 0.121. The van der Waals surface area contributed by atoms with Gasteiger partial charge in [-0.25, -0.2) is 13.2 Å². The van der Waals surface area contributed by atoms with Crippen molar-refractivity contribution in [2.45, 2.75) is 5.16 Å². The van der Waals surface area contributed by atoms with Gasteiger partial charge in [0.25, 0.3) is 0 Å². The number of hydrogen-bond acceptors (Lipinski definition) is 5. The molecular formula is C11H10F3N5OS. The Kier molecular flexibility index (Phi) is 4.36. The van der Waals surface area contributed by atoms with Crippen molar-refractivity contribution in [3.05, 3.63) is 29.6 Å². The van der Waals surface area contributed by atoms with E-state index in [2.05, 4.69) is 15.5 Å². The highest BCUT2D eigenvalue weighted by molar-refractivity contribution is 7.99. The van der Waals surface area contributed by atoms with Gasteiger partial charge in [0.2, 0.25) is 11.9 Å². The van der Waals surface area contributed by atoms with Crippen LogP contribution in [-0.2, 0) is 11.8 Å². The minimum Gasteiger partial charge on any atom is -0.368 e. The molecule has 0 radical (unpaired) electrons. The molecule has 21 heavy (non-hydrogen) atoms. The molecule has 0 atom stereocenters. The van der Waals surface area contributed by atoms with Gasteiger partial charge in [0.15, 0.2) is 22.6 Å². The lowest BCUT2D eigenvalue weighted by molar-refractivity contribution is -0.113. The third kappa shape index (κ3) is 3.27.